The first-order valence-corrected chi connectivity index (χ1v) is 9.79. The lowest BCUT2D eigenvalue weighted by Crippen LogP contribution is -2.38. The molecule has 0 atom stereocenters. The fraction of sp³-hybridized carbons (Fsp3) is 0.278. The van der Waals surface area contributed by atoms with Crippen molar-refractivity contribution in [1.82, 2.24) is 0 Å². The van der Waals surface area contributed by atoms with Crippen molar-refractivity contribution in [1.29, 1.82) is 0 Å². The summed E-state index contributed by atoms with van der Waals surface area (Å²) >= 11 is 0. The molecule has 2 aromatic carbocycles. The highest BCUT2D eigenvalue weighted by molar-refractivity contribution is 7.92. The molecule has 26 heavy (non-hydrogen) atoms. The van der Waals surface area contributed by atoms with Crippen molar-refractivity contribution >= 4 is 27.3 Å². The number of nitrogens with zero attached hydrogens (tertiary/aromatic N) is 1. The number of hydrogen-bond donors (Lipinski definition) is 1. The van der Waals surface area contributed by atoms with E-state index >= 15 is 0 Å². The van der Waals surface area contributed by atoms with Gasteiger partial charge in [0.05, 0.1) is 17.6 Å². The predicted molar refractivity (Wildman–Crippen MR) is 97.7 cm³/mol. The van der Waals surface area contributed by atoms with Crippen LogP contribution in [0.15, 0.2) is 36.4 Å². The zero-order valence-corrected chi connectivity index (χ0v) is 15.5. The zero-order valence-electron chi connectivity index (χ0n) is 14.7. The Bertz CT molecular complexity index is 930. The molecule has 1 N–H and O–H groups in total. The molecule has 5 nitrogen and oxygen atoms in total. The van der Waals surface area contributed by atoms with Gasteiger partial charge in [0.25, 0.3) is 0 Å². The molecule has 2 aromatic rings. The Balaban J connectivity index is 2.34. The number of amides is 1. The van der Waals surface area contributed by atoms with Crippen LogP contribution < -0.4 is 9.62 Å². The van der Waals surface area contributed by atoms with Gasteiger partial charge in [0.15, 0.2) is 0 Å². The highest BCUT2D eigenvalue weighted by atomic mass is 32.2. The van der Waals surface area contributed by atoms with Gasteiger partial charge in [0.2, 0.25) is 15.9 Å². The summed E-state index contributed by atoms with van der Waals surface area (Å²) in [6, 6.07) is 8.08. The molecule has 8 heteroatoms. The predicted octanol–water partition coefficient (Wildman–Crippen LogP) is 3.24. The van der Waals surface area contributed by atoms with Crippen LogP contribution in [0, 0.1) is 18.6 Å². The van der Waals surface area contributed by atoms with Gasteiger partial charge in [-0.25, -0.2) is 17.2 Å². The number of anilines is 2. The minimum absolute atomic E-state index is 0.217. The molecule has 0 fully saturated rings. The topological polar surface area (TPSA) is 66.5 Å². The number of rotatable bonds is 6. The van der Waals surface area contributed by atoms with Gasteiger partial charge in [-0.2, -0.15) is 0 Å². The molecule has 0 bridgehead atoms. The average molecular weight is 382 g/mol. The number of halogens is 2. The maximum absolute atomic E-state index is 13.7. The minimum atomic E-state index is -3.76. The van der Waals surface area contributed by atoms with E-state index in [2.05, 4.69) is 5.32 Å². The third-order valence-electron chi connectivity index (χ3n) is 3.84. The smallest absolute Gasteiger partial charge is 0.245 e. The van der Waals surface area contributed by atoms with E-state index in [1.807, 2.05) is 13.0 Å². The summed E-state index contributed by atoms with van der Waals surface area (Å²) in [6.07, 6.45) is 1.59. The summed E-state index contributed by atoms with van der Waals surface area (Å²) in [6.45, 7) is 3.12. The monoisotopic (exact) mass is 382 g/mol. The number of sulfonamides is 1. The van der Waals surface area contributed by atoms with Crippen molar-refractivity contribution in [2.45, 2.75) is 20.3 Å². The van der Waals surface area contributed by atoms with Crippen LogP contribution in [0.25, 0.3) is 0 Å². The standard InChI is InChI=1S/C18H20F2N2O3S/c1-4-13-7-5-6-12(2)18(13)22(26(3,24)25)11-17(23)21-16-9-8-14(19)10-15(16)20/h5-10H,4,11H2,1-3H3,(H,21,23). The summed E-state index contributed by atoms with van der Waals surface area (Å²) in [5, 5.41) is 2.28. The van der Waals surface area contributed by atoms with Crippen LogP contribution in [-0.4, -0.2) is 27.1 Å². The van der Waals surface area contributed by atoms with Crippen molar-refractivity contribution in [3.8, 4) is 0 Å². The molecular weight excluding hydrogens is 362 g/mol. The first-order valence-electron chi connectivity index (χ1n) is 7.94. The van der Waals surface area contributed by atoms with Crippen LogP contribution in [0.1, 0.15) is 18.1 Å². The Morgan fingerprint density at radius 2 is 1.88 bits per heavy atom. The molecule has 0 aliphatic rings. The van der Waals surface area contributed by atoms with Gasteiger partial charge >= 0.3 is 0 Å². The second kappa shape index (κ2) is 7.82. The number of aryl methyl sites for hydroxylation is 2. The summed E-state index contributed by atoms with van der Waals surface area (Å²) in [7, 11) is -3.76. The van der Waals surface area contributed by atoms with E-state index in [-0.39, 0.29) is 5.69 Å². The quantitative estimate of drug-likeness (QED) is 0.834. The molecule has 140 valence electrons. The number of carbonyl (C=O) groups excluding carboxylic acids is 1. The Labute approximate surface area is 151 Å². The van der Waals surface area contributed by atoms with Crippen molar-refractivity contribution in [2.24, 2.45) is 0 Å². The third kappa shape index (κ3) is 4.57. The van der Waals surface area contributed by atoms with E-state index in [4.69, 9.17) is 0 Å². The van der Waals surface area contributed by atoms with E-state index in [0.717, 1.165) is 28.3 Å². The molecule has 0 spiro atoms. The average Bonchev–Trinajstić information content (AvgIpc) is 2.54. The molecule has 0 heterocycles. The fourth-order valence-electron chi connectivity index (χ4n) is 2.64. The summed E-state index contributed by atoms with van der Waals surface area (Å²) in [5.74, 6) is -2.44. The minimum Gasteiger partial charge on any atom is -0.322 e. The van der Waals surface area contributed by atoms with Gasteiger partial charge in [-0.15, -0.1) is 0 Å². The van der Waals surface area contributed by atoms with E-state index < -0.39 is 34.1 Å². The van der Waals surface area contributed by atoms with E-state index in [1.165, 1.54) is 0 Å². The summed E-state index contributed by atoms with van der Waals surface area (Å²) < 4.78 is 52.2. The molecule has 0 saturated carbocycles. The molecule has 0 radical (unpaired) electrons. The lowest BCUT2D eigenvalue weighted by Gasteiger charge is -2.26. The number of nitrogens with one attached hydrogen (secondary N) is 1. The Morgan fingerprint density at radius 3 is 2.46 bits per heavy atom. The lowest BCUT2D eigenvalue weighted by atomic mass is 10.1. The maximum atomic E-state index is 13.7. The van der Waals surface area contributed by atoms with Gasteiger partial charge in [-0.3, -0.25) is 9.10 Å². The first kappa shape index (κ1) is 19.8. The molecule has 0 unspecified atom stereocenters. The van der Waals surface area contributed by atoms with E-state index in [0.29, 0.717) is 23.7 Å². The molecule has 1 amide bonds. The Morgan fingerprint density at radius 1 is 1.19 bits per heavy atom. The molecular formula is C18H20F2N2O3S. The van der Waals surface area contributed by atoms with Crippen LogP contribution in [0.2, 0.25) is 0 Å². The first-order chi connectivity index (χ1) is 12.1. The third-order valence-corrected chi connectivity index (χ3v) is 4.96. The van der Waals surface area contributed by atoms with E-state index in [9.17, 15) is 22.0 Å². The van der Waals surface area contributed by atoms with Gasteiger partial charge in [-0.05, 0) is 36.6 Å². The van der Waals surface area contributed by atoms with Gasteiger partial charge in [0.1, 0.15) is 18.2 Å². The van der Waals surface area contributed by atoms with Crippen LogP contribution >= 0.6 is 0 Å². The summed E-state index contributed by atoms with van der Waals surface area (Å²) in [5.41, 5.74) is 1.70. The normalized spacial score (nSPS) is 11.3. The van der Waals surface area contributed by atoms with Crippen LogP contribution in [0.4, 0.5) is 20.2 Å². The van der Waals surface area contributed by atoms with Crippen LogP contribution in [0.3, 0.4) is 0 Å². The van der Waals surface area contributed by atoms with Crippen molar-refractivity contribution < 1.29 is 22.0 Å². The van der Waals surface area contributed by atoms with E-state index in [1.54, 1.807) is 19.1 Å². The maximum Gasteiger partial charge on any atom is 0.245 e. The second-order valence-electron chi connectivity index (χ2n) is 5.88. The highest BCUT2D eigenvalue weighted by Crippen LogP contribution is 2.28. The molecule has 0 aromatic heterocycles. The SMILES string of the molecule is CCc1cccc(C)c1N(CC(=O)Nc1ccc(F)cc1F)S(C)(=O)=O. The van der Waals surface area contributed by atoms with Crippen LogP contribution in [0.5, 0.6) is 0 Å². The number of carbonyl (C=O) groups is 1. The van der Waals surface area contributed by atoms with Crippen molar-refractivity contribution in [3.05, 3.63) is 59.2 Å². The van der Waals surface area contributed by atoms with Gasteiger partial charge in [-0.1, -0.05) is 25.1 Å². The van der Waals surface area contributed by atoms with Gasteiger partial charge in [0, 0.05) is 6.07 Å². The molecule has 0 aliphatic heterocycles. The summed E-state index contributed by atoms with van der Waals surface area (Å²) in [4.78, 5) is 12.3. The molecule has 0 aliphatic carbocycles. The largest absolute Gasteiger partial charge is 0.322 e. The zero-order chi connectivity index (χ0) is 19.5. The molecule has 2 rings (SSSR count). The number of hydrogen-bond acceptors (Lipinski definition) is 3. The number of benzene rings is 2. The Hall–Kier alpha value is -2.48. The fourth-order valence-corrected chi connectivity index (χ4v) is 3.58. The Kier molecular flexibility index (Phi) is 5.97. The highest BCUT2D eigenvalue weighted by Gasteiger charge is 2.24. The van der Waals surface area contributed by atoms with Crippen molar-refractivity contribution in [2.75, 3.05) is 22.4 Å². The lowest BCUT2D eigenvalue weighted by molar-refractivity contribution is -0.114. The number of para-hydroxylation sites is 1. The van der Waals surface area contributed by atoms with Gasteiger partial charge < -0.3 is 5.32 Å². The van der Waals surface area contributed by atoms with Crippen LogP contribution in [-0.2, 0) is 21.2 Å². The molecule has 0 saturated heterocycles. The second-order valence-corrected chi connectivity index (χ2v) is 7.78. The van der Waals surface area contributed by atoms with Crippen molar-refractivity contribution in [3.63, 3.8) is 0 Å².